The number of fused-ring (bicyclic) bond motifs is 4. The molecule has 0 unspecified atom stereocenters. The highest BCUT2D eigenvalue weighted by Crippen LogP contribution is 2.68. The molecule has 4 N–H and O–H groups in total. The van der Waals surface area contributed by atoms with Crippen molar-refractivity contribution in [3.05, 3.63) is 83.4 Å². The lowest BCUT2D eigenvalue weighted by Crippen LogP contribution is -2.57. The second-order valence-electron chi connectivity index (χ2n) is 12.7. The molecule has 0 radical (unpaired) electrons. The van der Waals surface area contributed by atoms with E-state index in [1.807, 2.05) is 30.3 Å². The maximum Gasteiger partial charge on any atom is 0.253 e. The van der Waals surface area contributed by atoms with Crippen LogP contribution in [0.4, 0.5) is 0 Å². The van der Waals surface area contributed by atoms with E-state index in [9.17, 15) is 20.1 Å². The summed E-state index contributed by atoms with van der Waals surface area (Å²) in [7, 11) is 4.48. The molecule has 47 heavy (non-hydrogen) atoms. The van der Waals surface area contributed by atoms with Gasteiger partial charge in [0.05, 0.1) is 32.8 Å². The summed E-state index contributed by atoms with van der Waals surface area (Å²) in [6.45, 7) is 3.43. The normalized spacial score (nSPS) is 28.9. The molecule has 2 heterocycles. The molecule has 11 nitrogen and oxygen atoms in total. The second kappa shape index (κ2) is 12.0. The summed E-state index contributed by atoms with van der Waals surface area (Å²) < 4.78 is 23.6. The average molecular weight is 647 g/mol. The number of hydrogen-bond acceptors (Lipinski definition) is 9. The Morgan fingerprint density at radius 1 is 1.02 bits per heavy atom. The molecule has 6 rings (SSSR count). The van der Waals surface area contributed by atoms with E-state index >= 15 is 4.79 Å². The van der Waals surface area contributed by atoms with Crippen LogP contribution in [-0.2, 0) is 20.8 Å². The molecule has 3 aromatic carbocycles. The van der Waals surface area contributed by atoms with Crippen LogP contribution in [0, 0.1) is 5.92 Å². The number of rotatable bonds is 9. The third-order valence-electron chi connectivity index (χ3n) is 10.2. The number of aliphatic hydroxyl groups is 3. The standard InChI is InChI=1S/C36H42N2O9/c1-6-34(2,42)33(41)37-27-13-10-18-38(27)31(39)30-28(21-11-8-7-9-12-21)36(22-14-16-23(44-3)17-15-22)32(40)35(30,43)29-25(46-5)19-24(45-4)20-26(29)47-36/h7-9,11-12,14-17,19-20,27-28,30,32,40,42-43H,6,10,13,18H2,1-5H3,(H,37,41)/t27-,28+,30-,32-,34+,35-,36-/m1/s1. The zero-order chi connectivity index (χ0) is 33.7. The molecule has 2 aliphatic heterocycles. The molecular formula is C36H42N2O9. The molecule has 2 fully saturated rings. The summed E-state index contributed by atoms with van der Waals surface area (Å²) in [6, 6.07) is 19.4. The summed E-state index contributed by atoms with van der Waals surface area (Å²) >= 11 is 0. The zero-order valence-corrected chi connectivity index (χ0v) is 27.2. The van der Waals surface area contributed by atoms with Crippen LogP contribution >= 0.6 is 0 Å². The van der Waals surface area contributed by atoms with Gasteiger partial charge in [-0.3, -0.25) is 9.59 Å². The van der Waals surface area contributed by atoms with Gasteiger partial charge in [-0.25, -0.2) is 0 Å². The fraction of sp³-hybridized carbons (Fsp3) is 0.444. The minimum absolute atomic E-state index is 0.128. The van der Waals surface area contributed by atoms with E-state index in [0.717, 1.165) is 0 Å². The van der Waals surface area contributed by atoms with Crippen LogP contribution in [0.25, 0.3) is 0 Å². The molecule has 7 atom stereocenters. The Hall–Kier alpha value is -4.32. The predicted octanol–water partition coefficient (Wildman–Crippen LogP) is 3.19. The van der Waals surface area contributed by atoms with E-state index in [4.69, 9.17) is 18.9 Å². The highest BCUT2D eigenvalue weighted by molar-refractivity contribution is 5.87. The van der Waals surface area contributed by atoms with E-state index in [0.29, 0.717) is 42.0 Å². The van der Waals surface area contributed by atoms with Crippen molar-refractivity contribution in [1.82, 2.24) is 10.2 Å². The fourth-order valence-electron chi connectivity index (χ4n) is 7.59. The lowest BCUT2D eigenvalue weighted by Gasteiger charge is -2.45. The molecular weight excluding hydrogens is 604 g/mol. The Morgan fingerprint density at radius 2 is 1.70 bits per heavy atom. The first-order valence-electron chi connectivity index (χ1n) is 15.9. The van der Waals surface area contributed by atoms with Gasteiger partial charge in [-0.05, 0) is 49.4 Å². The highest BCUT2D eigenvalue weighted by Gasteiger charge is 2.76. The summed E-state index contributed by atoms with van der Waals surface area (Å²) in [5.74, 6) is -1.95. The molecule has 1 saturated carbocycles. The monoisotopic (exact) mass is 646 g/mol. The summed E-state index contributed by atoms with van der Waals surface area (Å²) in [4.78, 5) is 29.8. The van der Waals surface area contributed by atoms with Gasteiger partial charge in [0.1, 0.15) is 46.5 Å². The molecule has 250 valence electrons. The van der Waals surface area contributed by atoms with Crippen molar-refractivity contribution in [3.63, 3.8) is 0 Å². The number of amides is 2. The van der Waals surface area contributed by atoms with Crippen molar-refractivity contribution in [2.24, 2.45) is 5.92 Å². The maximum absolute atomic E-state index is 15.1. The first-order chi connectivity index (χ1) is 22.5. The Bertz CT molecular complexity index is 1650. The number of ether oxygens (including phenoxy) is 4. The highest BCUT2D eigenvalue weighted by atomic mass is 16.5. The maximum atomic E-state index is 15.1. The molecule has 3 aromatic rings. The largest absolute Gasteiger partial charge is 0.497 e. The topological polar surface area (TPSA) is 147 Å². The van der Waals surface area contributed by atoms with Gasteiger partial charge in [-0.2, -0.15) is 0 Å². The van der Waals surface area contributed by atoms with E-state index in [1.165, 1.54) is 26.0 Å². The van der Waals surface area contributed by atoms with Gasteiger partial charge in [0.25, 0.3) is 5.91 Å². The predicted molar refractivity (Wildman–Crippen MR) is 171 cm³/mol. The number of carbonyl (C=O) groups is 2. The summed E-state index contributed by atoms with van der Waals surface area (Å²) in [5.41, 5.74) is -4.22. The molecule has 2 amide bonds. The molecule has 2 bridgehead atoms. The Kier molecular flexibility index (Phi) is 8.36. The van der Waals surface area contributed by atoms with Gasteiger partial charge in [0.15, 0.2) is 5.60 Å². The van der Waals surface area contributed by atoms with E-state index in [1.54, 1.807) is 50.4 Å². The van der Waals surface area contributed by atoms with Gasteiger partial charge >= 0.3 is 0 Å². The molecule has 1 saturated heterocycles. The number of methoxy groups -OCH3 is 3. The average Bonchev–Trinajstić information content (AvgIpc) is 3.60. The van der Waals surface area contributed by atoms with Crippen molar-refractivity contribution < 1.29 is 43.9 Å². The van der Waals surface area contributed by atoms with Crippen LogP contribution in [0.15, 0.2) is 66.7 Å². The number of hydrogen-bond donors (Lipinski definition) is 4. The molecule has 0 spiro atoms. The zero-order valence-electron chi connectivity index (χ0n) is 27.2. The number of likely N-dealkylation sites (tertiary alicyclic amines) is 1. The number of carbonyl (C=O) groups excluding carboxylic acids is 2. The summed E-state index contributed by atoms with van der Waals surface area (Å²) in [5, 5.41) is 39.2. The number of nitrogens with zero attached hydrogens (tertiary/aromatic N) is 1. The molecule has 0 aromatic heterocycles. The van der Waals surface area contributed by atoms with E-state index in [-0.39, 0.29) is 23.5 Å². The van der Waals surface area contributed by atoms with Gasteiger partial charge in [0.2, 0.25) is 5.91 Å². The van der Waals surface area contributed by atoms with Crippen molar-refractivity contribution in [2.75, 3.05) is 27.9 Å². The Labute approximate surface area is 274 Å². The van der Waals surface area contributed by atoms with Crippen LogP contribution < -0.4 is 24.3 Å². The fourth-order valence-corrected chi connectivity index (χ4v) is 7.59. The van der Waals surface area contributed by atoms with Crippen LogP contribution in [0.5, 0.6) is 23.0 Å². The lowest BCUT2D eigenvalue weighted by molar-refractivity contribution is -0.168. The van der Waals surface area contributed by atoms with Gasteiger partial charge in [-0.1, -0.05) is 49.4 Å². The minimum Gasteiger partial charge on any atom is -0.497 e. The van der Waals surface area contributed by atoms with Gasteiger partial charge < -0.3 is 44.5 Å². The smallest absolute Gasteiger partial charge is 0.253 e. The number of nitrogens with one attached hydrogen (secondary N) is 1. The van der Waals surface area contributed by atoms with E-state index in [2.05, 4.69) is 5.32 Å². The van der Waals surface area contributed by atoms with Crippen molar-refractivity contribution >= 4 is 11.8 Å². The number of aliphatic hydroxyl groups excluding tert-OH is 1. The quantitative estimate of drug-likeness (QED) is 0.275. The number of benzene rings is 3. The minimum atomic E-state index is -2.23. The summed E-state index contributed by atoms with van der Waals surface area (Å²) in [6.07, 6.45) is -1.16. The SMILES string of the molecule is CC[C@](C)(O)C(=O)N[C@H]1CCCN1C(=O)[C@H]1[C@H](c2ccccc2)[C@@]2(c3ccc(OC)cc3)Oc3cc(OC)cc(OC)c3[C@]1(O)[C@H]2O. The lowest BCUT2D eigenvalue weighted by atomic mass is 9.75. The van der Waals surface area contributed by atoms with Crippen molar-refractivity contribution in [3.8, 4) is 23.0 Å². The van der Waals surface area contributed by atoms with Crippen molar-refractivity contribution in [1.29, 1.82) is 0 Å². The first kappa shape index (κ1) is 32.6. The van der Waals surface area contributed by atoms with Crippen molar-refractivity contribution in [2.45, 2.75) is 68.1 Å². The van der Waals surface area contributed by atoms with Crippen LogP contribution in [0.3, 0.4) is 0 Å². The second-order valence-corrected chi connectivity index (χ2v) is 12.7. The third-order valence-corrected chi connectivity index (χ3v) is 10.2. The molecule has 1 aliphatic carbocycles. The van der Waals surface area contributed by atoms with Crippen LogP contribution in [0.2, 0.25) is 0 Å². The van der Waals surface area contributed by atoms with Crippen LogP contribution in [-0.4, -0.2) is 77.8 Å². The van der Waals surface area contributed by atoms with Crippen LogP contribution in [0.1, 0.15) is 55.7 Å². The Morgan fingerprint density at radius 3 is 2.32 bits per heavy atom. The Balaban J connectivity index is 1.59. The molecule has 11 heteroatoms. The van der Waals surface area contributed by atoms with Gasteiger partial charge in [0, 0.05) is 24.6 Å². The molecule has 3 aliphatic rings. The first-order valence-corrected chi connectivity index (χ1v) is 15.9. The third kappa shape index (κ3) is 4.90. The van der Waals surface area contributed by atoms with E-state index < -0.39 is 52.7 Å². The van der Waals surface area contributed by atoms with Gasteiger partial charge in [-0.15, -0.1) is 0 Å².